The zero-order valence-corrected chi connectivity index (χ0v) is 8.67. The van der Waals surface area contributed by atoms with E-state index in [-0.39, 0.29) is 7.27 Å². The molecule has 0 amide bonds. The van der Waals surface area contributed by atoms with Crippen LogP contribution in [0.15, 0.2) is 0 Å². The summed E-state index contributed by atoms with van der Waals surface area (Å²) in [6.45, 7) is 6.81. The first-order valence-electron chi connectivity index (χ1n) is 3.91. The number of rotatable bonds is 2. The third-order valence-electron chi connectivity index (χ3n) is 1.57. The predicted octanol–water partition coefficient (Wildman–Crippen LogP) is 3.83. The van der Waals surface area contributed by atoms with Gasteiger partial charge in [-0.15, -0.1) is 0 Å². The topological polar surface area (TPSA) is 0 Å². The SMILES string of the molecule is CC(C)(C)CP(Cl)C1CC1. The number of halogens is 1. The fourth-order valence-electron chi connectivity index (χ4n) is 0.937. The Balaban J connectivity index is 2.23. The second kappa shape index (κ2) is 2.99. The predicted molar refractivity (Wildman–Crippen MR) is 50.1 cm³/mol. The van der Waals surface area contributed by atoms with E-state index in [9.17, 15) is 0 Å². The molecule has 0 heterocycles. The normalized spacial score (nSPS) is 22.8. The summed E-state index contributed by atoms with van der Waals surface area (Å²) in [7, 11) is -0.144. The highest BCUT2D eigenvalue weighted by Gasteiger charge is 2.32. The summed E-state index contributed by atoms with van der Waals surface area (Å²) in [5.41, 5.74) is 1.35. The van der Waals surface area contributed by atoms with E-state index in [4.69, 9.17) is 11.2 Å². The molecule has 0 saturated heterocycles. The minimum absolute atomic E-state index is 0.144. The maximum Gasteiger partial charge on any atom is -0.00604 e. The lowest BCUT2D eigenvalue weighted by molar-refractivity contribution is 0.478. The van der Waals surface area contributed by atoms with Gasteiger partial charge in [-0.2, -0.15) is 0 Å². The van der Waals surface area contributed by atoms with Crippen molar-refractivity contribution in [2.75, 3.05) is 6.16 Å². The Hall–Kier alpha value is 0.720. The van der Waals surface area contributed by atoms with Crippen LogP contribution in [0.25, 0.3) is 0 Å². The van der Waals surface area contributed by atoms with Gasteiger partial charge in [0.1, 0.15) is 0 Å². The van der Waals surface area contributed by atoms with Gasteiger partial charge in [0.05, 0.1) is 0 Å². The molecule has 0 bridgehead atoms. The van der Waals surface area contributed by atoms with E-state index in [2.05, 4.69) is 20.8 Å². The standard InChI is InChI=1S/C8H16ClP/c1-8(2,3)6-10(9)7-4-5-7/h7H,4-6H2,1-3H3. The van der Waals surface area contributed by atoms with Crippen molar-refractivity contribution in [2.24, 2.45) is 5.41 Å². The Morgan fingerprint density at radius 1 is 1.40 bits per heavy atom. The van der Waals surface area contributed by atoms with Crippen LogP contribution in [0.5, 0.6) is 0 Å². The molecule has 1 saturated carbocycles. The summed E-state index contributed by atoms with van der Waals surface area (Å²) in [5.74, 6) is 0. The maximum absolute atomic E-state index is 6.23. The first kappa shape index (κ1) is 8.81. The summed E-state index contributed by atoms with van der Waals surface area (Å²) in [4.78, 5) is 0. The van der Waals surface area contributed by atoms with Gasteiger partial charge in [0.25, 0.3) is 0 Å². The average molecular weight is 179 g/mol. The smallest absolute Gasteiger partial charge is 0.00604 e. The van der Waals surface area contributed by atoms with Gasteiger partial charge in [-0.25, -0.2) is 0 Å². The molecule has 1 aliphatic carbocycles. The highest BCUT2D eigenvalue weighted by Crippen LogP contribution is 2.59. The monoisotopic (exact) mass is 178 g/mol. The summed E-state index contributed by atoms with van der Waals surface area (Å²) in [6, 6.07) is 0. The van der Waals surface area contributed by atoms with E-state index in [1.54, 1.807) is 0 Å². The molecule has 0 aromatic heterocycles. The Morgan fingerprint density at radius 3 is 2.20 bits per heavy atom. The molecule has 0 aromatic rings. The van der Waals surface area contributed by atoms with E-state index in [1.807, 2.05) is 0 Å². The number of hydrogen-bond acceptors (Lipinski definition) is 0. The summed E-state index contributed by atoms with van der Waals surface area (Å²) >= 11 is 6.23. The van der Waals surface area contributed by atoms with Gasteiger partial charge >= 0.3 is 0 Å². The van der Waals surface area contributed by atoms with Crippen LogP contribution in [0.1, 0.15) is 33.6 Å². The highest BCUT2D eigenvalue weighted by atomic mass is 35.7. The van der Waals surface area contributed by atoms with Gasteiger partial charge in [0.2, 0.25) is 0 Å². The molecular formula is C8H16ClP. The average Bonchev–Trinajstić information content (AvgIpc) is 2.35. The summed E-state index contributed by atoms with van der Waals surface area (Å²) < 4.78 is 0. The minimum atomic E-state index is -0.144. The van der Waals surface area contributed by atoms with Crippen molar-refractivity contribution in [1.82, 2.24) is 0 Å². The van der Waals surface area contributed by atoms with Crippen LogP contribution in [0, 0.1) is 5.41 Å². The van der Waals surface area contributed by atoms with E-state index >= 15 is 0 Å². The lowest BCUT2D eigenvalue weighted by Crippen LogP contribution is -2.09. The van der Waals surface area contributed by atoms with Crippen LogP contribution >= 0.6 is 18.5 Å². The van der Waals surface area contributed by atoms with Gasteiger partial charge in [-0.1, -0.05) is 32.0 Å². The molecule has 0 N–H and O–H groups in total. The lowest BCUT2D eigenvalue weighted by Gasteiger charge is -2.21. The first-order chi connectivity index (χ1) is 4.49. The van der Waals surface area contributed by atoms with Crippen LogP contribution in [-0.2, 0) is 0 Å². The largest absolute Gasteiger partial charge is 0.0961 e. The Morgan fingerprint density at radius 2 is 1.90 bits per heavy atom. The fraction of sp³-hybridized carbons (Fsp3) is 1.00. The highest BCUT2D eigenvalue weighted by molar-refractivity contribution is 7.84. The molecule has 1 unspecified atom stereocenters. The van der Waals surface area contributed by atoms with E-state index < -0.39 is 0 Å². The van der Waals surface area contributed by atoms with E-state index in [0.29, 0.717) is 5.41 Å². The molecule has 1 aliphatic rings. The second-order valence-corrected chi connectivity index (χ2v) is 7.50. The van der Waals surface area contributed by atoms with Crippen molar-refractivity contribution in [1.29, 1.82) is 0 Å². The van der Waals surface area contributed by atoms with Crippen molar-refractivity contribution in [2.45, 2.75) is 39.3 Å². The molecule has 1 atom stereocenters. The molecule has 0 nitrogen and oxygen atoms in total. The second-order valence-electron chi connectivity index (χ2n) is 4.35. The lowest BCUT2D eigenvalue weighted by atomic mass is 10.0. The Labute approximate surface area is 69.9 Å². The van der Waals surface area contributed by atoms with Crippen LogP contribution < -0.4 is 0 Å². The summed E-state index contributed by atoms with van der Waals surface area (Å²) in [6.07, 6.45) is 4.02. The molecule has 0 radical (unpaired) electrons. The van der Waals surface area contributed by atoms with Crippen molar-refractivity contribution < 1.29 is 0 Å². The van der Waals surface area contributed by atoms with Crippen molar-refractivity contribution in [3.8, 4) is 0 Å². The van der Waals surface area contributed by atoms with Crippen molar-refractivity contribution in [3.63, 3.8) is 0 Å². The summed E-state index contributed by atoms with van der Waals surface area (Å²) in [5, 5.41) is 0. The molecule has 60 valence electrons. The van der Waals surface area contributed by atoms with Gasteiger partial charge in [-0.05, 0) is 37.4 Å². The van der Waals surface area contributed by atoms with Crippen LogP contribution in [0.2, 0.25) is 0 Å². The molecule has 0 aliphatic heterocycles. The molecule has 0 aromatic carbocycles. The van der Waals surface area contributed by atoms with Gasteiger partial charge < -0.3 is 0 Å². The molecular weight excluding hydrogens is 163 g/mol. The zero-order chi connectivity index (χ0) is 7.78. The zero-order valence-electron chi connectivity index (χ0n) is 7.02. The number of hydrogen-bond donors (Lipinski definition) is 0. The first-order valence-corrected chi connectivity index (χ1v) is 6.41. The van der Waals surface area contributed by atoms with Crippen LogP contribution in [-0.4, -0.2) is 11.8 Å². The van der Waals surface area contributed by atoms with E-state index in [1.165, 1.54) is 19.0 Å². The van der Waals surface area contributed by atoms with Gasteiger partial charge in [0.15, 0.2) is 0 Å². The molecule has 2 heteroatoms. The van der Waals surface area contributed by atoms with E-state index in [0.717, 1.165) is 5.66 Å². The van der Waals surface area contributed by atoms with Gasteiger partial charge in [-0.3, -0.25) is 0 Å². The Kier molecular flexibility index (Phi) is 2.64. The molecule has 0 spiro atoms. The maximum atomic E-state index is 6.23. The van der Waals surface area contributed by atoms with Crippen molar-refractivity contribution in [3.05, 3.63) is 0 Å². The van der Waals surface area contributed by atoms with Crippen LogP contribution in [0.4, 0.5) is 0 Å². The van der Waals surface area contributed by atoms with Crippen LogP contribution in [0.3, 0.4) is 0 Å². The molecule has 1 rings (SSSR count). The van der Waals surface area contributed by atoms with Crippen molar-refractivity contribution >= 4 is 18.5 Å². The third-order valence-corrected chi connectivity index (χ3v) is 5.31. The fourth-order valence-corrected chi connectivity index (χ4v) is 4.47. The minimum Gasteiger partial charge on any atom is -0.0961 e. The third kappa shape index (κ3) is 3.21. The van der Waals surface area contributed by atoms with Gasteiger partial charge in [0, 0.05) is 0 Å². The molecule has 1 fully saturated rings. The molecule has 10 heavy (non-hydrogen) atoms. The quantitative estimate of drug-likeness (QED) is 0.564. The Bertz CT molecular complexity index is 113.